The minimum atomic E-state index is 0.570. The van der Waals surface area contributed by atoms with Crippen molar-refractivity contribution >= 4 is 5.82 Å². The number of hydrogen-bond donors (Lipinski definition) is 1. The molecule has 1 aromatic heterocycles. The highest BCUT2D eigenvalue weighted by Gasteiger charge is 1.97. The van der Waals surface area contributed by atoms with E-state index in [-0.39, 0.29) is 0 Å². The number of nitrogen functional groups attached to an aromatic ring is 1. The maximum atomic E-state index is 5.55. The van der Waals surface area contributed by atoms with Gasteiger partial charge in [0.2, 0.25) is 0 Å². The lowest BCUT2D eigenvalue weighted by atomic mass is 10.1. The van der Waals surface area contributed by atoms with Crippen molar-refractivity contribution in [2.75, 3.05) is 5.73 Å². The van der Waals surface area contributed by atoms with Gasteiger partial charge in [0.15, 0.2) is 0 Å². The monoisotopic (exact) mass is 201 g/mol. The van der Waals surface area contributed by atoms with Crippen LogP contribution in [0, 0.1) is 0 Å². The van der Waals surface area contributed by atoms with Crippen molar-refractivity contribution in [1.82, 2.24) is 9.78 Å². The molecule has 3 nitrogen and oxygen atoms in total. The van der Waals surface area contributed by atoms with Crippen LogP contribution in [0.25, 0.3) is 0 Å². The zero-order chi connectivity index (χ0) is 10.7. The summed E-state index contributed by atoms with van der Waals surface area (Å²) in [6.45, 7) is 2.93. The van der Waals surface area contributed by atoms with E-state index in [2.05, 4.69) is 36.3 Å². The second-order valence-corrected chi connectivity index (χ2v) is 3.61. The van der Waals surface area contributed by atoms with Crippen molar-refractivity contribution in [3.63, 3.8) is 0 Å². The second kappa shape index (κ2) is 4.17. The molecule has 0 aliphatic carbocycles. The van der Waals surface area contributed by atoms with Gasteiger partial charge in [0.1, 0.15) is 5.82 Å². The molecule has 3 heteroatoms. The van der Waals surface area contributed by atoms with E-state index in [1.807, 2.05) is 10.9 Å². The van der Waals surface area contributed by atoms with Crippen LogP contribution in [0.2, 0.25) is 0 Å². The minimum Gasteiger partial charge on any atom is -0.382 e. The number of benzene rings is 1. The van der Waals surface area contributed by atoms with Gasteiger partial charge in [-0.05, 0) is 23.6 Å². The summed E-state index contributed by atoms with van der Waals surface area (Å²) in [4.78, 5) is 0. The van der Waals surface area contributed by atoms with E-state index in [1.165, 1.54) is 11.1 Å². The molecule has 1 aromatic carbocycles. The minimum absolute atomic E-state index is 0.570. The maximum Gasteiger partial charge on any atom is 0.145 e. The molecule has 0 spiro atoms. The zero-order valence-electron chi connectivity index (χ0n) is 8.85. The largest absolute Gasteiger partial charge is 0.382 e. The van der Waals surface area contributed by atoms with E-state index in [1.54, 1.807) is 6.07 Å². The maximum absolute atomic E-state index is 5.55. The molecule has 0 unspecified atom stereocenters. The third-order valence-electron chi connectivity index (χ3n) is 2.44. The first-order valence-corrected chi connectivity index (χ1v) is 5.14. The quantitative estimate of drug-likeness (QED) is 0.826. The van der Waals surface area contributed by atoms with Gasteiger partial charge in [0.05, 0.1) is 6.54 Å². The fourth-order valence-electron chi connectivity index (χ4n) is 1.53. The molecule has 2 aromatic rings. The van der Waals surface area contributed by atoms with Gasteiger partial charge in [0, 0.05) is 6.20 Å². The SMILES string of the molecule is CCc1ccc(Cn2ccc(N)n2)cc1. The van der Waals surface area contributed by atoms with Gasteiger partial charge in [-0.2, -0.15) is 5.10 Å². The standard InChI is InChI=1S/C12H15N3/c1-2-10-3-5-11(6-4-10)9-15-8-7-12(13)14-15/h3-8H,2,9H2,1H3,(H2,13,14). The van der Waals surface area contributed by atoms with Gasteiger partial charge in [-0.3, -0.25) is 4.68 Å². The zero-order valence-corrected chi connectivity index (χ0v) is 8.85. The van der Waals surface area contributed by atoms with Crippen LogP contribution >= 0.6 is 0 Å². The molecule has 0 aliphatic rings. The van der Waals surface area contributed by atoms with Gasteiger partial charge in [0.25, 0.3) is 0 Å². The molecule has 0 aliphatic heterocycles. The van der Waals surface area contributed by atoms with Crippen LogP contribution in [-0.4, -0.2) is 9.78 Å². The van der Waals surface area contributed by atoms with Gasteiger partial charge in [-0.1, -0.05) is 31.2 Å². The topological polar surface area (TPSA) is 43.8 Å². The Morgan fingerprint density at radius 1 is 1.13 bits per heavy atom. The third-order valence-corrected chi connectivity index (χ3v) is 2.44. The summed E-state index contributed by atoms with van der Waals surface area (Å²) in [5.41, 5.74) is 8.15. The molecular formula is C12H15N3. The lowest BCUT2D eigenvalue weighted by Gasteiger charge is -2.02. The summed E-state index contributed by atoms with van der Waals surface area (Å²) in [5, 5.41) is 4.14. The molecule has 0 fully saturated rings. The Labute approximate surface area is 89.5 Å². The molecule has 0 bridgehead atoms. The Balaban J connectivity index is 2.11. The molecular weight excluding hydrogens is 186 g/mol. The van der Waals surface area contributed by atoms with Gasteiger partial charge >= 0.3 is 0 Å². The highest BCUT2D eigenvalue weighted by molar-refractivity contribution is 5.26. The van der Waals surface area contributed by atoms with Crippen molar-refractivity contribution in [2.45, 2.75) is 19.9 Å². The summed E-state index contributed by atoms with van der Waals surface area (Å²) in [6, 6.07) is 10.4. The van der Waals surface area contributed by atoms with E-state index in [4.69, 9.17) is 5.73 Å². The Bertz CT molecular complexity index is 428. The molecule has 0 saturated carbocycles. The van der Waals surface area contributed by atoms with Crippen molar-refractivity contribution < 1.29 is 0 Å². The molecule has 0 amide bonds. The lowest BCUT2D eigenvalue weighted by Crippen LogP contribution is -2.01. The summed E-state index contributed by atoms with van der Waals surface area (Å²) in [5.74, 6) is 0.570. The van der Waals surface area contributed by atoms with Crippen LogP contribution in [0.5, 0.6) is 0 Å². The lowest BCUT2D eigenvalue weighted by molar-refractivity contribution is 0.690. The van der Waals surface area contributed by atoms with Crippen LogP contribution in [0.4, 0.5) is 5.82 Å². The van der Waals surface area contributed by atoms with Crippen LogP contribution in [0.3, 0.4) is 0 Å². The van der Waals surface area contributed by atoms with Crippen molar-refractivity contribution in [3.05, 3.63) is 47.7 Å². The van der Waals surface area contributed by atoms with E-state index in [0.29, 0.717) is 5.82 Å². The molecule has 0 radical (unpaired) electrons. The first-order chi connectivity index (χ1) is 7.28. The number of nitrogens with two attached hydrogens (primary N) is 1. The molecule has 1 heterocycles. The van der Waals surface area contributed by atoms with E-state index < -0.39 is 0 Å². The average Bonchev–Trinajstić information content (AvgIpc) is 2.65. The molecule has 2 rings (SSSR count). The molecule has 15 heavy (non-hydrogen) atoms. The number of hydrogen-bond acceptors (Lipinski definition) is 2. The predicted octanol–water partition coefficient (Wildman–Crippen LogP) is 2.08. The second-order valence-electron chi connectivity index (χ2n) is 3.61. The fourth-order valence-corrected chi connectivity index (χ4v) is 1.53. The number of rotatable bonds is 3. The predicted molar refractivity (Wildman–Crippen MR) is 61.6 cm³/mol. The molecule has 0 saturated heterocycles. The Morgan fingerprint density at radius 3 is 2.33 bits per heavy atom. The van der Waals surface area contributed by atoms with Crippen LogP contribution in [-0.2, 0) is 13.0 Å². The van der Waals surface area contributed by atoms with Gasteiger partial charge in [-0.15, -0.1) is 0 Å². The highest BCUT2D eigenvalue weighted by atomic mass is 15.3. The summed E-state index contributed by atoms with van der Waals surface area (Å²) in [6.07, 6.45) is 2.97. The van der Waals surface area contributed by atoms with Crippen LogP contribution < -0.4 is 5.73 Å². The molecule has 0 atom stereocenters. The highest BCUT2D eigenvalue weighted by Crippen LogP contribution is 2.07. The van der Waals surface area contributed by atoms with E-state index in [0.717, 1.165) is 13.0 Å². The molecule has 78 valence electrons. The Morgan fingerprint density at radius 2 is 1.80 bits per heavy atom. The smallest absolute Gasteiger partial charge is 0.145 e. The van der Waals surface area contributed by atoms with Crippen molar-refractivity contribution in [1.29, 1.82) is 0 Å². The number of nitrogens with zero attached hydrogens (tertiary/aromatic N) is 2. The summed E-state index contributed by atoms with van der Waals surface area (Å²) in [7, 11) is 0. The van der Waals surface area contributed by atoms with Crippen molar-refractivity contribution in [2.24, 2.45) is 0 Å². The normalized spacial score (nSPS) is 10.5. The fraction of sp³-hybridized carbons (Fsp3) is 0.250. The number of aryl methyl sites for hydroxylation is 1. The molecule has 2 N–H and O–H groups in total. The Hall–Kier alpha value is -1.77. The Kier molecular flexibility index (Phi) is 2.72. The first-order valence-electron chi connectivity index (χ1n) is 5.14. The third kappa shape index (κ3) is 2.37. The average molecular weight is 201 g/mol. The summed E-state index contributed by atoms with van der Waals surface area (Å²) < 4.78 is 1.84. The van der Waals surface area contributed by atoms with E-state index >= 15 is 0 Å². The van der Waals surface area contributed by atoms with Gasteiger partial charge in [-0.25, -0.2) is 0 Å². The van der Waals surface area contributed by atoms with Crippen molar-refractivity contribution in [3.8, 4) is 0 Å². The van der Waals surface area contributed by atoms with Gasteiger partial charge < -0.3 is 5.73 Å². The van der Waals surface area contributed by atoms with Crippen LogP contribution in [0.15, 0.2) is 36.5 Å². The van der Waals surface area contributed by atoms with Crippen LogP contribution in [0.1, 0.15) is 18.1 Å². The summed E-state index contributed by atoms with van der Waals surface area (Å²) >= 11 is 0. The first kappa shape index (κ1) is 9.77. The number of anilines is 1. The van der Waals surface area contributed by atoms with E-state index in [9.17, 15) is 0 Å². The number of aromatic nitrogens is 2.